The Morgan fingerprint density at radius 2 is 0.368 bits per heavy atom. The van der Waals surface area contributed by atoms with Crippen LogP contribution in [0.3, 0.4) is 0 Å². The topological polar surface area (TPSA) is 0 Å². The van der Waals surface area contributed by atoms with Crippen LogP contribution < -0.4 is 0 Å². The van der Waals surface area contributed by atoms with Gasteiger partial charge in [-0.2, -0.15) is 0 Å². The first-order chi connectivity index (χ1) is 33.8. The van der Waals surface area contributed by atoms with Gasteiger partial charge in [-0.25, -0.2) is 0 Å². The van der Waals surface area contributed by atoms with Gasteiger partial charge in [0.25, 0.3) is 0 Å². The van der Waals surface area contributed by atoms with Crippen LogP contribution in [0.4, 0.5) is 0 Å². The van der Waals surface area contributed by atoms with Gasteiger partial charge in [-0.3, -0.25) is 0 Å². The van der Waals surface area contributed by atoms with Crippen LogP contribution in [0, 0.1) is 0 Å². The lowest BCUT2D eigenvalue weighted by Gasteiger charge is -2.27. The largest absolute Gasteiger partial charge is 0.0622 e. The molecule has 0 aromatic heterocycles. The predicted molar refractivity (Wildman–Crippen MR) is 286 cm³/mol. The SMILES string of the molecule is c1ccc(-c2c(-c3ccc(-c4c5c(c(-c6ccccc6)c(-c6ccccc6)c4-c4ccccc4)-c4ccccc4C5)cc3)c3c(c(-c4ccccc4)c2-c2ccccc2)-c2ccccc2C3)cc1. The van der Waals surface area contributed by atoms with E-state index in [1.807, 2.05) is 0 Å². The number of fused-ring (bicyclic) bond motifs is 6. The number of hydrogen-bond acceptors (Lipinski definition) is 0. The molecule has 68 heavy (non-hydrogen) atoms. The first-order valence-electron chi connectivity index (χ1n) is 23.9. The van der Waals surface area contributed by atoms with Crippen LogP contribution in [0.5, 0.6) is 0 Å². The zero-order valence-corrected chi connectivity index (χ0v) is 37.7. The molecule has 0 heterocycles. The standard InChI is InChI=1S/C68H46/c1-7-23-45(24-8-1)61-59(57-43-53-35-19-21-37-55(53)67(57)65(49-31-15-5-16-32-49)63(61)47-27-11-3-12-28-47)51-39-41-52(42-40-51)60-58-44-54-36-20-22-38-56(54)68(58)66(50-33-17-6-18-34-50)64(48-29-13-4-14-30-48)62(60)46-25-9-2-10-26-46/h1-42H,43-44H2. The third kappa shape index (κ3) is 6.52. The Hall–Kier alpha value is -8.58. The van der Waals surface area contributed by atoms with E-state index in [0.29, 0.717) is 0 Å². The van der Waals surface area contributed by atoms with Crippen molar-refractivity contribution in [3.8, 4) is 111 Å². The molecule has 0 aliphatic heterocycles. The maximum absolute atomic E-state index is 2.42. The van der Waals surface area contributed by atoms with Crippen LogP contribution in [-0.2, 0) is 12.8 Å². The minimum Gasteiger partial charge on any atom is -0.0622 e. The average Bonchev–Trinajstić information content (AvgIpc) is 4.00. The molecule has 2 aliphatic rings. The molecule has 0 saturated carbocycles. The molecule has 0 nitrogen and oxygen atoms in total. The van der Waals surface area contributed by atoms with E-state index in [1.54, 1.807) is 0 Å². The number of benzene rings is 11. The Morgan fingerprint density at radius 1 is 0.162 bits per heavy atom. The summed E-state index contributed by atoms with van der Waals surface area (Å²) in [5, 5.41) is 0. The molecule has 0 atom stereocenters. The van der Waals surface area contributed by atoms with Crippen molar-refractivity contribution in [3.63, 3.8) is 0 Å². The lowest BCUT2D eigenvalue weighted by Crippen LogP contribution is -2.02. The molecular formula is C68H46. The van der Waals surface area contributed by atoms with Gasteiger partial charge in [-0.1, -0.05) is 255 Å². The van der Waals surface area contributed by atoms with Crippen molar-refractivity contribution in [3.05, 3.63) is 277 Å². The van der Waals surface area contributed by atoms with Crippen molar-refractivity contribution in [1.29, 1.82) is 0 Å². The van der Waals surface area contributed by atoms with Gasteiger partial charge in [0.2, 0.25) is 0 Å². The summed E-state index contributed by atoms with van der Waals surface area (Å²) >= 11 is 0. The van der Waals surface area contributed by atoms with Crippen LogP contribution in [-0.4, -0.2) is 0 Å². The van der Waals surface area contributed by atoms with Gasteiger partial charge in [0.1, 0.15) is 0 Å². The quantitative estimate of drug-likeness (QED) is 0.143. The Labute approximate surface area is 399 Å². The maximum Gasteiger partial charge on any atom is -0.000683 e. The normalized spacial score (nSPS) is 12.0. The molecule has 0 amide bonds. The minimum atomic E-state index is 0.864. The van der Waals surface area contributed by atoms with Crippen LogP contribution in [0.2, 0.25) is 0 Å². The molecule has 0 unspecified atom stereocenters. The third-order valence-electron chi connectivity index (χ3n) is 14.4. The van der Waals surface area contributed by atoms with Gasteiger partial charge < -0.3 is 0 Å². The number of rotatable bonds is 8. The Bertz CT molecular complexity index is 3400. The van der Waals surface area contributed by atoms with E-state index < -0.39 is 0 Å². The molecule has 0 N–H and O–H groups in total. The Kier molecular flexibility index (Phi) is 9.76. The van der Waals surface area contributed by atoms with E-state index in [9.17, 15) is 0 Å². The van der Waals surface area contributed by atoms with Crippen molar-refractivity contribution in [2.75, 3.05) is 0 Å². The van der Waals surface area contributed by atoms with E-state index in [-0.39, 0.29) is 0 Å². The molecule has 0 fully saturated rings. The van der Waals surface area contributed by atoms with Crippen LogP contribution in [0.15, 0.2) is 255 Å². The zero-order chi connectivity index (χ0) is 45.0. The van der Waals surface area contributed by atoms with E-state index >= 15 is 0 Å². The Morgan fingerprint density at radius 3 is 0.647 bits per heavy atom. The van der Waals surface area contributed by atoms with E-state index in [2.05, 4.69) is 255 Å². The summed E-state index contributed by atoms with van der Waals surface area (Å²) in [6.07, 6.45) is 1.73. The molecule has 0 saturated heterocycles. The van der Waals surface area contributed by atoms with Crippen LogP contribution in [0.1, 0.15) is 22.3 Å². The Balaban J connectivity index is 1.13. The second-order valence-corrected chi connectivity index (χ2v) is 18.1. The summed E-state index contributed by atoms with van der Waals surface area (Å²) in [5.74, 6) is 0. The highest BCUT2D eigenvalue weighted by Gasteiger charge is 2.34. The monoisotopic (exact) mass is 862 g/mol. The minimum absolute atomic E-state index is 0.864. The lowest BCUT2D eigenvalue weighted by molar-refractivity contribution is 1.26. The second-order valence-electron chi connectivity index (χ2n) is 18.1. The zero-order valence-electron chi connectivity index (χ0n) is 37.7. The van der Waals surface area contributed by atoms with Gasteiger partial charge >= 0.3 is 0 Å². The highest BCUT2D eigenvalue weighted by molar-refractivity contribution is 6.13. The van der Waals surface area contributed by atoms with Gasteiger partial charge in [-0.05, 0) is 146 Å². The summed E-state index contributed by atoms with van der Waals surface area (Å²) in [4.78, 5) is 0. The van der Waals surface area contributed by atoms with Gasteiger partial charge in [0, 0.05) is 0 Å². The second kappa shape index (κ2) is 16.7. The van der Waals surface area contributed by atoms with Crippen molar-refractivity contribution < 1.29 is 0 Å². The summed E-state index contributed by atoms with van der Waals surface area (Å²) in [7, 11) is 0. The molecule has 11 aromatic carbocycles. The molecular weight excluding hydrogens is 817 g/mol. The maximum atomic E-state index is 2.42. The first kappa shape index (κ1) is 39.8. The lowest BCUT2D eigenvalue weighted by atomic mass is 9.76. The molecule has 0 bridgehead atoms. The van der Waals surface area contributed by atoms with Crippen LogP contribution >= 0.6 is 0 Å². The first-order valence-corrected chi connectivity index (χ1v) is 23.9. The van der Waals surface area contributed by atoms with Crippen molar-refractivity contribution in [2.24, 2.45) is 0 Å². The third-order valence-corrected chi connectivity index (χ3v) is 14.4. The van der Waals surface area contributed by atoms with E-state index in [4.69, 9.17) is 0 Å². The van der Waals surface area contributed by atoms with Gasteiger partial charge in [-0.15, -0.1) is 0 Å². The number of hydrogen-bond donors (Lipinski definition) is 0. The van der Waals surface area contributed by atoms with E-state index in [1.165, 1.54) is 134 Å². The van der Waals surface area contributed by atoms with E-state index in [0.717, 1.165) is 12.8 Å². The molecule has 0 spiro atoms. The summed E-state index contributed by atoms with van der Waals surface area (Å²) in [5.41, 5.74) is 30.9. The predicted octanol–water partition coefficient (Wildman–Crippen LogP) is 18.2. The van der Waals surface area contributed by atoms with Crippen molar-refractivity contribution in [1.82, 2.24) is 0 Å². The molecule has 0 radical (unpaired) electrons. The molecule has 11 aromatic rings. The summed E-state index contributed by atoms with van der Waals surface area (Å²) in [6, 6.07) is 94.4. The fourth-order valence-electron chi connectivity index (χ4n) is 11.6. The summed E-state index contributed by atoms with van der Waals surface area (Å²) < 4.78 is 0. The average molecular weight is 863 g/mol. The highest BCUT2D eigenvalue weighted by atomic mass is 14.4. The van der Waals surface area contributed by atoms with Crippen LogP contribution in [0.25, 0.3) is 111 Å². The molecule has 0 heteroatoms. The van der Waals surface area contributed by atoms with Gasteiger partial charge in [0.05, 0.1) is 0 Å². The van der Waals surface area contributed by atoms with Gasteiger partial charge in [0.15, 0.2) is 0 Å². The molecule has 13 rings (SSSR count). The fourth-order valence-corrected chi connectivity index (χ4v) is 11.6. The highest BCUT2D eigenvalue weighted by Crippen LogP contribution is 2.58. The van der Waals surface area contributed by atoms with Crippen molar-refractivity contribution >= 4 is 0 Å². The van der Waals surface area contributed by atoms with Crippen molar-refractivity contribution in [2.45, 2.75) is 12.8 Å². The molecule has 318 valence electrons. The summed E-state index contributed by atoms with van der Waals surface area (Å²) in [6.45, 7) is 0. The molecule has 2 aliphatic carbocycles. The smallest absolute Gasteiger partial charge is 0.000683 e. The fraction of sp³-hybridized carbons (Fsp3) is 0.0294.